The van der Waals surface area contributed by atoms with Gasteiger partial charge in [0.2, 0.25) is 5.89 Å². The maximum Gasteiger partial charge on any atom is 0.290 e. The van der Waals surface area contributed by atoms with E-state index in [1.165, 1.54) is 25.7 Å². The Balaban J connectivity index is 1.84. The number of amides is 1. The highest BCUT2D eigenvalue weighted by Crippen LogP contribution is 2.20. The van der Waals surface area contributed by atoms with Crippen LogP contribution >= 0.6 is 0 Å². The Kier molecular flexibility index (Phi) is 5.29. The third-order valence-corrected chi connectivity index (χ3v) is 3.63. The fourth-order valence-electron chi connectivity index (χ4n) is 2.39. The summed E-state index contributed by atoms with van der Waals surface area (Å²) in [6, 6.07) is 0. The van der Waals surface area contributed by atoms with E-state index < -0.39 is 5.91 Å². The molecule has 110 valence electrons. The van der Waals surface area contributed by atoms with Gasteiger partial charge in [0, 0.05) is 6.54 Å². The van der Waals surface area contributed by atoms with E-state index in [4.69, 9.17) is 10.3 Å². The van der Waals surface area contributed by atoms with Crippen molar-refractivity contribution in [2.45, 2.75) is 45.6 Å². The zero-order chi connectivity index (χ0) is 14.4. The van der Waals surface area contributed by atoms with Gasteiger partial charge in [-0.1, -0.05) is 23.7 Å². The average molecular weight is 278 g/mol. The first-order chi connectivity index (χ1) is 9.69. The molecule has 0 saturated carbocycles. The Hall–Kier alpha value is -1.69. The smallest absolute Gasteiger partial charge is 0.290 e. The number of carbonyl (C=O) groups is 1. The molecule has 0 radical (unpaired) electrons. The lowest BCUT2D eigenvalue weighted by Crippen LogP contribution is -2.25. The molecule has 2 N–H and O–H groups in total. The summed E-state index contributed by atoms with van der Waals surface area (Å²) in [5, 5.41) is 3.55. The van der Waals surface area contributed by atoms with Crippen molar-refractivity contribution < 1.29 is 9.32 Å². The van der Waals surface area contributed by atoms with Crippen LogP contribution in [0.3, 0.4) is 0 Å². The molecule has 0 spiro atoms. The third kappa shape index (κ3) is 4.16. The number of hydrogen-bond acceptors (Lipinski definition) is 5. The molecule has 1 aromatic rings. The molecule has 20 heavy (non-hydrogen) atoms. The lowest BCUT2D eigenvalue weighted by Gasteiger charge is -2.20. The summed E-state index contributed by atoms with van der Waals surface area (Å²) in [4.78, 5) is 17.1. The van der Waals surface area contributed by atoms with E-state index in [1.54, 1.807) is 5.57 Å². The minimum absolute atomic E-state index is 0.0500. The van der Waals surface area contributed by atoms with Crippen LogP contribution in [0, 0.1) is 0 Å². The van der Waals surface area contributed by atoms with E-state index in [9.17, 15) is 4.79 Å². The summed E-state index contributed by atoms with van der Waals surface area (Å²) in [6.07, 6.45) is 8.53. The van der Waals surface area contributed by atoms with Gasteiger partial charge in [0.1, 0.15) is 0 Å². The van der Waals surface area contributed by atoms with Crippen molar-refractivity contribution in [2.75, 3.05) is 13.1 Å². The highest BCUT2D eigenvalue weighted by Gasteiger charge is 2.14. The first-order valence-electron chi connectivity index (χ1n) is 7.21. The monoisotopic (exact) mass is 278 g/mol. The van der Waals surface area contributed by atoms with Crippen LogP contribution in [0.5, 0.6) is 0 Å². The van der Waals surface area contributed by atoms with Gasteiger partial charge in [-0.15, -0.1) is 0 Å². The van der Waals surface area contributed by atoms with E-state index >= 15 is 0 Å². The number of aromatic nitrogens is 2. The maximum atomic E-state index is 10.9. The summed E-state index contributed by atoms with van der Waals surface area (Å²) < 4.78 is 5.03. The van der Waals surface area contributed by atoms with E-state index in [-0.39, 0.29) is 5.82 Å². The quantitative estimate of drug-likeness (QED) is 0.770. The molecule has 0 aromatic carbocycles. The highest BCUT2D eigenvalue weighted by molar-refractivity contribution is 5.88. The van der Waals surface area contributed by atoms with Crippen molar-refractivity contribution in [1.29, 1.82) is 0 Å². The fraction of sp³-hybridized carbons (Fsp3) is 0.643. The van der Waals surface area contributed by atoms with Gasteiger partial charge in [0.15, 0.2) is 0 Å². The Morgan fingerprint density at radius 2 is 2.35 bits per heavy atom. The van der Waals surface area contributed by atoms with Crippen molar-refractivity contribution in [3.63, 3.8) is 0 Å². The predicted molar refractivity (Wildman–Crippen MR) is 74.9 cm³/mol. The average Bonchev–Trinajstić information content (AvgIpc) is 2.93. The summed E-state index contributed by atoms with van der Waals surface area (Å²) in [5.74, 6) is -0.264. The van der Waals surface area contributed by atoms with E-state index in [1.807, 2.05) is 0 Å². The Morgan fingerprint density at radius 1 is 1.50 bits per heavy atom. The largest absolute Gasteiger partial charge is 0.363 e. The van der Waals surface area contributed by atoms with Crippen molar-refractivity contribution in [3.05, 3.63) is 23.4 Å². The number of hydrogen-bond donors (Lipinski definition) is 1. The van der Waals surface area contributed by atoms with Crippen LogP contribution in [0.15, 0.2) is 16.2 Å². The summed E-state index contributed by atoms with van der Waals surface area (Å²) in [5.41, 5.74) is 6.66. The summed E-state index contributed by atoms with van der Waals surface area (Å²) in [7, 11) is 0. The molecule has 1 amide bonds. The summed E-state index contributed by atoms with van der Waals surface area (Å²) >= 11 is 0. The zero-order valence-corrected chi connectivity index (χ0v) is 12.0. The number of allylic oxidation sites excluding steroid dienone is 1. The molecule has 0 aliphatic heterocycles. The van der Waals surface area contributed by atoms with Crippen molar-refractivity contribution in [3.8, 4) is 0 Å². The molecule has 0 saturated heterocycles. The van der Waals surface area contributed by atoms with Crippen molar-refractivity contribution >= 4 is 5.91 Å². The molecule has 0 unspecified atom stereocenters. The number of primary amides is 1. The van der Waals surface area contributed by atoms with Gasteiger partial charge in [-0.2, -0.15) is 4.98 Å². The standard InChI is InChI=1S/C14H22N4O2/c1-2-18(9-8-11-6-4-3-5-7-11)10-12-16-14(13(15)19)17-20-12/h6H,2-5,7-10H2,1H3,(H2,15,19). The molecule has 6 heteroatoms. The molecule has 0 bridgehead atoms. The van der Waals surface area contributed by atoms with Gasteiger partial charge in [-0.05, 0) is 38.6 Å². The second kappa shape index (κ2) is 7.19. The number of carbonyl (C=O) groups excluding carboxylic acids is 1. The van der Waals surface area contributed by atoms with Crippen LogP contribution in [-0.4, -0.2) is 34.0 Å². The van der Waals surface area contributed by atoms with Crippen LogP contribution in [0.1, 0.15) is 55.5 Å². The van der Waals surface area contributed by atoms with Gasteiger partial charge in [0.05, 0.1) is 6.54 Å². The normalized spacial score (nSPS) is 15.4. The van der Waals surface area contributed by atoms with E-state index in [0.29, 0.717) is 12.4 Å². The van der Waals surface area contributed by atoms with Gasteiger partial charge in [-0.25, -0.2) is 0 Å². The Bertz CT molecular complexity index is 481. The molecular weight excluding hydrogens is 256 g/mol. The van der Waals surface area contributed by atoms with Gasteiger partial charge >= 0.3 is 0 Å². The van der Waals surface area contributed by atoms with Crippen molar-refractivity contribution in [1.82, 2.24) is 15.0 Å². The molecule has 1 aliphatic carbocycles. The van der Waals surface area contributed by atoms with Gasteiger partial charge in [-0.3, -0.25) is 9.69 Å². The summed E-state index contributed by atoms with van der Waals surface area (Å²) in [6.45, 7) is 4.53. The lowest BCUT2D eigenvalue weighted by molar-refractivity contribution is 0.0987. The highest BCUT2D eigenvalue weighted by atomic mass is 16.5. The molecule has 1 aromatic heterocycles. The van der Waals surface area contributed by atoms with E-state index in [2.05, 4.69) is 28.0 Å². The minimum atomic E-state index is -0.657. The molecular formula is C14H22N4O2. The second-order valence-corrected chi connectivity index (χ2v) is 5.10. The van der Waals surface area contributed by atoms with Crippen LogP contribution < -0.4 is 5.73 Å². The molecule has 1 heterocycles. The Morgan fingerprint density at radius 3 is 2.95 bits per heavy atom. The second-order valence-electron chi connectivity index (χ2n) is 5.10. The Labute approximate surface area is 119 Å². The molecule has 2 rings (SSSR count). The molecule has 1 aliphatic rings. The molecule has 6 nitrogen and oxygen atoms in total. The topological polar surface area (TPSA) is 85.3 Å². The van der Waals surface area contributed by atoms with Crippen LogP contribution in [-0.2, 0) is 6.54 Å². The SMILES string of the molecule is CCN(CCC1=CCCCC1)Cc1nc(C(N)=O)no1. The van der Waals surface area contributed by atoms with Crippen molar-refractivity contribution in [2.24, 2.45) is 5.73 Å². The maximum absolute atomic E-state index is 10.9. The van der Waals surface area contributed by atoms with Crippen LogP contribution in [0.4, 0.5) is 0 Å². The van der Waals surface area contributed by atoms with Crippen LogP contribution in [0.25, 0.3) is 0 Å². The van der Waals surface area contributed by atoms with E-state index in [0.717, 1.165) is 19.5 Å². The zero-order valence-electron chi connectivity index (χ0n) is 12.0. The lowest BCUT2D eigenvalue weighted by atomic mass is 9.97. The third-order valence-electron chi connectivity index (χ3n) is 3.63. The number of nitrogens with two attached hydrogens (primary N) is 1. The minimum Gasteiger partial charge on any atom is -0.363 e. The fourth-order valence-corrected chi connectivity index (χ4v) is 2.39. The number of rotatable bonds is 7. The van der Waals surface area contributed by atoms with Gasteiger partial charge < -0.3 is 10.3 Å². The first-order valence-corrected chi connectivity index (χ1v) is 7.21. The molecule has 0 fully saturated rings. The molecule has 0 atom stereocenters. The number of nitrogens with zero attached hydrogens (tertiary/aromatic N) is 3. The van der Waals surface area contributed by atoms with Crippen LogP contribution in [0.2, 0.25) is 0 Å². The predicted octanol–water partition coefficient (Wildman–Crippen LogP) is 1.88. The van der Waals surface area contributed by atoms with Gasteiger partial charge in [0.25, 0.3) is 11.7 Å². The first kappa shape index (κ1) is 14.7.